The predicted molar refractivity (Wildman–Crippen MR) is 121 cm³/mol. The van der Waals surface area contributed by atoms with Gasteiger partial charge in [-0.1, -0.05) is 0 Å². The van der Waals surface area contributed by atoms with Crippen molar-refractivity contribution in [3.8, 4) is 6.07 Å². The van der Waals surface area contributed by atoms with Gasteiger partial charge in [-0.15, -0.1) is 11.3 Å². The molecule has 2 aliphatic rings. The van der Waals surface area contributed by atoms with Crippen molar-refractivity contribution in [2.45, 2.75) is 50.6 Å². The van der Waals surface area contributed by atoms with Crippen molar-refractivity contribution in [3.05, 3.63) is 45.8 Å². The minimum absolute atomic E-state index is 0.198. The highest BCUT2D eigenvalue weighted by atomic mass is 32.2. The van der Waals surface area contributed by atoms with Crippen LogP contribution in [-0.2, 0) is 23.0 Å². The molecule has 4 rings (SSSR count). The largest absolute Gasteiger partial charge is 0.312 e. The van der Waals surface area contributed by atoms with Crippen LogP contribution in [0.4, 0.5) is 5.00 Å². The molecule has 1 N–H and O–H groups in total. The fraction of sp³-hybridized carbons (Fsp3) is 0.455. The summed E-state index contributed by atoms with van der Waals surface area (Å²) >= 11 is 1.46. The summed E-state index contributed by atoms with van der Waals surface area (Å²) in [5.41, 5.74) is 1.94. The molecule has 3 heterocycles. The molecule has 7 nitrogen and oxygen atoms in total. The third-order valence-corrected chi connectivity index (χ3v) is 9.02. The Labute approximate surface area is 187 Å². The lowest BCUT2D eigenvalue weighted by atomic mass is 10.0. The Morgan fingerprint density at radius 1 is 1.16 bits per heavy atom. The zero-order chi connectivity index (χ0) is 22.2. The van der Waals surface area contributed by atoms with E-state index >= 15 is 0 Å². The minimum Gasteiger partial charge on any atom is -0.312 e. The molecule has 1 fully saturated rings. The number of nitrogens with zero attached hydrogens (tertiary/aromatic N) is 3. The number of thiophene rings is 1. The van der Waals surface area contributed by atoms with E-state index in [4.69, 9.17) is 0 Å². The summed E-state index contributed by atoms with van der Waals surface area (Å²) in [7, 11) is -3.51. The zero-order valence-corrected chi connectivity index (χ0v) is 19.4. The van der Waals surface area contributed by atoms with E-state index in [1.165, 1.54) is 39.9 Å². The van der Waals surface area contributed by atoms with Crippen molar-refractivity contribution in [3.63, 3.8) is 0 Å². The Balaban J connectivity index is 1.52. The van der Waals surface area contributed by atoms with Gasteiger partial charge in [-0.25, -0.2) is 8.42 Å². The number of nitriles is 1. The van der Waals surface area contributed by atoms with Crippen molar-refractivity contribution in [1.82, 2.24) is 9.21 Å². The second kappa shape index (κ2) is 8.71. The molecule has 164 valence electrons. The van der Waals surface area contributed by atoms with E-state index in [9.17, 15) is 18.5 Å². The summed E-state index contributed by atoms with van der Waals surface area (Å²) in [6.07, 6.45) is 2.55. The number of nitrogens with one attached hydrogen (secondary N) is 1. The molecule has 0 saturated carbocycles. The number of benzene rings is 1. The molecule has 0 atom stereocenters. The van der Waals surface area contributed by atoms with Gasteiger partial charge in [-0.2, -0.15) is 9.57 Å². The lowest BCUT2D eigenvalue weighted by Gasteiger charge is -2.30. The highest BCUT2D eigenvalue weighted by Gasteiger charge is 2.28. The number of anilines is 1. The normalized spacial score (nSPS) is 17.5. The first-order valence-electron chi connectivity index (χ1n) is 10.5. The summed E-state index contributed by atoms with van der Waals surface area (Å²) in [6, 6.07) is 8.69. The number of fused-ring (bicyclic) bond motifs is 1. The van der Waals surface area contributed by atoms with Gasteiger partial charge in [0.05, 0.1) is 10.5 Å². The number of hydrogen-bond donors (Lipinski definition) is 1. The molecular formula is C22H26N4O3S2. The second-order valence-electron chi connectivity index (χ2n) is 8.22. The third kappa shape index (κ3) is 4.26. The van der Waals surface area contributed by atoms with Crippen LogP contribution in [0.2, 0.25) is 0 Å². The second-order valence-corrected chi connectivity index (χ2v) is 11.3. The summed E-state index contributed by atoms with van der Waals surface area (Å²) in [5, 5.41) is 13.1. The van der Waals surface area contributed by atoms with E-state index in [1.54, 1.807) is 0 Å². The maximum atomic E-state index is 12.8. The maximum Gasteiger partial charge on any atom is 0.256 e. The van der Waals surface area contributed by atoms with Gasteiger partial charge >= 0.3 is 0 Å². The monoisotopic (exact) mass is 458 g/mol. The molecule has 2 aromatic rings. The van der Waals surface area contributed by atoms with Crippen LogP contribution in [0.1, 0.15) is 53.1 Å². The number of hydrogen-bond acceptors (Lipinski definition) is 6. The number of carbonyl (C=O) groups is 1. The van der Waals surface area contributed by atoms with Crippen LogP contribution in [0, 0.1) is 11.3 Å². The van der Waals surface area contributed by atoms with Crippen LogP contribution in [0.5, 0.6) is 0 Å². The van der Waals surface area contributed by atoms with Gasteiger partial charge in [-0.05, 0) is 62.9 Å². The first kappa shape index (κ1) is 22.0. The van der Waals surface area contributed by atoms with Gasteiger partial charge in [0.2, 0.25) is 10.0 Å². The van der Waals surface area contributed by atoms with Gasteiger partial charge in [0.1, 0.15) is 11.1 Å². The van der Waals surface area contributed by atoms with Crippen LogP contribution < -0.4 is 5.32 Å². The molecule has 0 bridgehead atoms. The summed E-state index contributed by atoms with van der Waals surface area (Å²) in [4.78, 5) is 16.5. The molecule has 1 amide bonds. The average Bonchev–Trinajstić information content (AvgIpc) is 3.41. The van der Waals surface area contributed by atoms with Crippen molar-refractivity contribution < 1.29 is 13.2 Å². The molecule has 0 aliphatic carbocycles. The number of carbonyl (C=O) groups excluding carboxylic acids is 1. The van der Waals surface area contributed by atoms with Crippen molar-refractivity contribution in [2.75, 3.05) is 25.0 Å². The predicted octanol–water partition coefficient (Wildman–Crippen LogP) is 3.42. The zero-order valence-electron chi connectivity index (χ0n) is 17.7. The van der Waals surface area contributed by atoms with E-state index in [1.807, 2.05) is 0 Å². The summed E-state index contributed by atoms with van der Waals surface area (Å²) < 4.78 is 26.8. The molecule has 1 aromatic heterocycles. The van der Waals surface area contributed by atoms with Crippen LogP contribution >= 0.6 is 11.3 Å². The molecule has 9 heteroatoms. The standard InChI is InChI=1S/C22H26N4O3S2/c1-15(2)25-12-9-18-19(13-23)22(30-20(18)14-25)24-21(27)16-5-7-17(8-6-16)31(28,29)26-10-3-4-11-26/h5-8,15H,3-4,9-12,14H2,1-2H3,(H,24,27). The summed E-state index contributed by atoms with van der Waals surface area (Å²) in [6.45, 7) is 7.07. The van der Waals surface area contributed by atoms with Crippen LogP contribution in [-0.4, -0.2) is 49.2 Å². The van der Waals surface area contributed by atoms with E-state index in [-0.39, 0.29) is 10.8 Å². The molecule has 1 saturated heterocycles. The average molecular weight is 459 g/mol. The lowest BCUT2D eigenvalue weighted by Crippen LogP contribution is -2.35. The van der Waals surface area contributed by atoms with E-state index in [0.717, 1.165) is 42.8 Å². The highest BCUT2D eigenvalue weighted by molar-refractivity contribution is 7.89. The number of rotatable bonds is 5. The molecular weight excluding hydrogens is 432 g/mol. The molecule has 0 spiro atoms. The Bertz CT molecular complexity index is 1120. The number of amides is 1. The van der Waals surface area contributed by atoms with Crippen molar-refractivity contribution in [1.29, 1.82) is 5.26 Å². The lowest BCUT2D eigenvalue weighted by molar-refractivity contribution is 0.102. The molecule has 0 radical (unpaired) electrons. The first-order chi connectivity index (χ1) is 14.8. The Hall–Kier alpha value is -2.25. The van der Waals surface area contributed by atoms with Gasteiger partial charge < -0.3 is 5.32 Å². The third-order valence-electron chi connectivity index (χ3n) is 5.97. The smallest absolute Gasteiger partial charge is 0.256 e. The molecule has 31 heavy (non-hydrogen) atoms. The van der Waals surface area contributed by atoms with Crippen molar-refractivity contribution >= 4 is 32.3 Å². The van der Waals surface area contributed by atoms with Crippen molar-refractivity contribution in [2.24, 2.45) is 0 Å². The van der Waals surface area contributed by atoms with Gasteiger partial charge in [0.15, 0.2) is 0 Å². The Morgan fingerprint density at radius 3 is 2.45 bits per heavy atom. The SMILES string of the molecule is CC(C)N1CCc2c(sc(NC(=O)c3ccc(S(=O)(=O)N4CCCC4)cc3)c2C#N)C1. The van der Waals surface area contributed by atoms with E-state index < -0.39 is 10.0 Å². The minimum atomic E-state index is -3.51. The van der Waals surface area contributed by atoms with E-state index in [0.29, 0.717) is 35.3 Å². The fourth-order valence-corrected chi connectivity index (χ4v) is 6.84. The quantitative estimate of drug-likeness (QED) is 0.741. The molecule has 1 aromatic carbocycles. The maximum absolute atomic E-state index is 12.8. The fourth-order valence-electron chi connectivity index (χ4n) is 4.10. The first-order valence-corrected chi connectivity index (χ1v) is 12.8. The highest BCUT2D eigenvalue weighted by Crippen LogP contribution is 2.37. The molecule has 2 aliphatic heterocycles. The summed E-state index contributed by atoms with van der Waals surface area (Å²) in [5.74, 6) is -0.346. The van der Waals surface area contributed by atoms with E-state index in [2.05, 4.69) is 30.1 Å². The van der Waals surface area contributed by atoms with Crippen LogP contribution in [0.3, 0.4) is 0 Å². The van der Waals surface area contributed by atoms with Gasteiger partial charge in [0, 0.05) is 42.7 Å². The van der Waals surface area contributed by atoms with Gasteiger partial charge in [-0.3, -0.25) is 9.69 Å². The van der Waals surface area contributed by atoms with Gasteiger partial charge in [0.25, 0.3) is 5.91 Å². The Morgan fingerprint density at radius 2 is 1.84 bits per heavy atom. The topological polar surface area (TPSA) is 93.5 Å². The number of sulfonamides is 1. The molecule has 0 unspecified atom stereocenters. The van der Waals surface area contributed by atoms with Crippen LogP contribution in [0.25, 0.3) is 0 Å². The Kier molecular flexibility index (Phi) is 6.17. The van der Waals surface area contributed by atoms with Crippen LogP contribution in [0.15, 0.2) is 29.2 Å².